The molecular formula is C14H11ClFNO4. The predicted octanol–water partition coefficient (Wildman–Crippen LogP) is 3.50. The first-order chi connectivity index (χ1) is 9.97. The molecule has 0 amide bonds. The van der Waals surface area contributed by atoms with E-state index in [1.165, 1.54) is 0 Å². The molecule has 2 aromatic rings. The van der Waals surface area contributed by atoms with Gasteiger partial charge < -0.3 is 9.84 Å². The molecule has 0 aliphatic rings. The van der Waals surface area contributed by atoms with Gasteiger partial charge in [0, 0.05) is 5.02 Å². The van der Waals surface area contributed by atoms with Crippen molar-refractivity contribution in [3.8, 4) is 5.75 Å². The first kappa shape index (κ1) is 15.2. The molecule has 2 rings (SSSR count). The Hall–Kier alpha value is -2.18. The summed E-state index contributed by atoms with van der Waals surface area (Å²) in [5.74, 6) is -0.841. The summed E-state index contributed by atoms with van der Waals surface area (Å²) in [6.45, 7) is -0.215. The van der Waals surface area contributed by atoms with Crippen LogP contribution in [0.1, 0.15) is 11.7 Å². The molecule has 0 aromatic heterocycles. The van der Waals surface area contributed by atoms with Crippen molar-refractivity contribution in [2.75, 3.05) is 6.61 Å². The monoisotopic (exact) mass is 311 g/mol. The number of rotatable bonds is 5. The highest BCUT2D eigenvalue weighted by Gasteiger charge is 2.18. The number of nitro benzene ring substituents is 1. The van der Waals surface area contributed by atoms with Crippen LogP contribution in [-0.2, 0) is 0 Å². The minimum atomic E-state index is -1.01. The van der Waals surface area contributed by atoms with Crippen molar-refractivity contribution in [3.05, 3.63) is 69.0 Å². The molecule has 1 unspecified atom stereocenters. The summed E-state index contributed by atoms with van der Waals surface area (Å²) in [6.07, 6.45) is -1.01. The number of hydrogen-bond donors (Lipinski definition) is 1. The zero-order chi connectivity index (χ0) is 15.4. The highest BCUT2D eigenvalue weighted by molar-refractivity contribution is 6.30. The number of aliphatic hydroxyl groups is 1. The van der Waals surface area contributed by atoms with Crippen molar-refractivity contribution in [2.45, 2.75) is 6.10 Å². The fourth-order valence-electron chi connectivity index (χ4n) is 1.73. The summed E-state index contributed by atoms with van der Waals surface area (Å²) in [7, 11) is 0. The van der Waals surface area contributed by atoms with Crippen molar-refractivity contribution in [1.82, 2.24) is 0 Å². The summed E-state index contributed by atoms with van der Waals surface area (Å²) in [6, 6.07) is 9.51. The van der Waals surface area contributed by atoms with E-state index in [2.05, 4.69) is 0 Å². The maximum atomic E-state index is 13.0. The first-order valence-electron chi connectivity index (χ1n) is 5.97. The lowest BCUT2D eigenvalue weighted by molar-refractivity contribution is -0.386. The van der Waals surface area contributed by atoms with Crippen LogP contribution in [0.25, 0.3) is 0 Å². The Labute approximate surface area is 124 Å². The molecule has 2 aromatic carbocycles. The molecule has 0 aliphatic carbocycles. The minimum absolute atomic E-state index is 0.109. The number of nitrogens with zero attached hydrogens (tertiary/aromatic N) is 1. The molecule has 21 heavy (non-hydrogen) atoms. The Morgan fingerprint density at radius 1 is 1.33 bits per heavy atom. The van der Waals surface area contributed by atoms with Crippen LogP contribution in [-0.4, -0.2) is 16.6 Å². The molecule has 0 heterocycles. The molecular weight excluding hydrogens is 301 g/mol. The van der Waals surface area contributed by atoms with E-state index in [0.717, 1.165) is 18.2 Å². The zero-order valence-electron chi connectivity index (χ0n) is 10.7. The molecule has 7 heteroatoms. The van der Waals surface area contributed by atoms with Crippen LogP contribution in [0, 0.1) is 15.9 Å². The SMILES string of the molecule is O=[N+]([O-])c1cc(F)ccc1OCC(O)c1cccc(Cl)c1. The van der Waals surface area contributed by atoms with Gasteiger partial charge in [-0.15, -0.1) is 0 Å². The zero-order valence-corrected chi connectivity index (χ0v) is 11.5. The molecule has 0 fully saturated rings. The summed E-state index contributed by atoms with van der Waals surface area (Å²) in [5, 5.41) is 21.2. The van der Waals surface area contributed by atoms with Crippen molar-refractivity contribution < 1.29 is 19.2 Å². The second-order valence-electron chi connectivity index (χ2n) is 4.25. The van der Waals surface area contributed by atoms with Gasteiger partial charge in [-0.1, -0.05) is 23.7 Å². The van der Waals surface area contributed by atoms with E-state index in [4.69, 9.17) is 16.3 Å². The van der Waals surface area contributed by atoms with Gasteiger partial charge in [0.15, 0.2) is 5.75 Å². The average molecular weight is 312 g/mol. The van der Waals surface area contributed by atoms with Gasteiger partial charge in [-0.2, -0.15) is 0 Å². The van der Waals surface area contributed by atoms with E-state index in [9.17, 15) is 19.6 Å². The van der Waals surface area contributed by atoms with Gasteiger partial charge in [0.1, 0.15) is 18.5 Å². The second kappa shape index (κ2) is 6.51. The molecule has 0 bridgehead atoms. The fraction of sp³-hybridized carbons (Fsp3) is 0.143. The van der Waals surface area contributed by atoms with E-state index >= 15 is 0 Å². The molecule has 0 saturated carbocycles. The molecule has 5 nitrogen and oxygen atoms in total. The maximum Gasteiger partial charge on any atom is 0.313 e. The van der Waals surface area contributed by atoms with Gasteiger partial charge >= 0.3 is 5.69 Å². The fourth-order valence-corrected chi connectivity index (χ4v) is 1.93. The third kappa shape index (κ3) is 3.90. The van der Waals surface area contributed by atoms with Crippen LogP contribution in [0.2, 0.25) is 5.02 Å². The van der Waals surface area contributed by atoms with Crippen LogP contribution in [0.15, 0.2) is 42.5 Å². The number of halogens is 2. The molecule has 0 aliphatic heterocycles. The molecule has 0 saturated heterocycles. The van der Waals surface area contributed by atoms with Gasteiger partial charge in [0.25, 0.3) is 0 Å². The molecule has 0 spiro atoms. The molecule has 0 radical (unpaired) electrons. The smallest absolute Gasteiger partial charge is 0.313 e. The number of nitro groups is 1. The van der Waals surface area contributed by atoms with Gasteiger partial charge in [-0.25, -0.2) is 4.39 Å². The van der Waals surface area contributed by atoms with Crippen molar-refractivity contribution in [3.63, 3.8) is 0 Å². The highest BCUT2D eigenvalue weighted by atomic mass is 35.5. The van der Waals surface area contributed by atoms with E-state index < -0.39 is 22.5 Å². The third-order valence-corrected chi connectivity index (χ3v) is 2.98. The van der Waals surface area contributed by atoms with Gasteiger partial charge in [-0.05, 0) is 29.8 Å². The lowest BCUT2D eigenvalue weighted by Gasteiger charge is -2.13. The molecule has 1 N–H and O–H groups in total. The van der Waals surface area contributed by atoms with E-state index in [1.807, 2.05) is 0 Å². The lowest BCUT2D eigenvalue weighted by Crippen LogP contribution is -2.10. The second-order valence-corrected chi connectivity index (χ2v) is 4.69. The van der Waals surface area contributed by atoms with Crippen molar-refractivity contribution in [2.24, 2.45) is 0 Å². The topological polar surface area (TPSA) is 72.6 Å². The first-order valence-corrected chi connectivity index (χ1v) is 6.35. The van der Waals surface area contributed by atoms with Crippen molar-refractivity contribution >= 4 is 17.3 Å². The summed E-state index contributed by atoms with van der Waals surface area (Å²) >= 11 is 5.81. The largest absolute Gasteiger partial charge is 0.484 e. The number of hydrogen-bond acceptors (Lipinski definition) is 4. The lowest BCUT2D eigenvalue weighted by atomic mass is 10.1. The molecule has 110 valence electrons. The quantitative estimate of drug-likeness (QED) is 0.677. The highest BCUT2D eigenvalue weighted by Crippen LogP contribution is 2.28. The van der Waals surface area contributed by atoms with E-state index in [1.54, 1.807) is 24.3 Å². The van der Waals surface area contributed by atoms with Crippen LogP contribution in [0.4, 0.5) is 10.1 Å². The Bertz CT molecular complexity index is 665. The predicted molar refractivity (Wildman–Crippen MR) is 75.0 cm³/mol. The van der Waals surface area contributed by atoms with Crippen LogP contribution < -0.4 is 4.74 Å². The number of ether oxygens (including phenoxy) is 1. The standard InChI is InChI=1S/C14H11ClFNO4/c15-10-3-1-2-9(6-10)13(18)8-21-14-5-4-11(16)7-12(14)17(19)20/h1-7,13,18H,8H2. The maximum absolute atomic E-state index is 13.0. The van der Waals surface area contributed by atoms with Crippen LogP contribution in [0.3, 0.4) is 0 Å². The minimum Gasteiger partial charge on any atom is -0.484 e. The van der Waals surface area contributed by atoms with Gasteiger partial charge in [0.05, 0.1) is 11.0 Å². The Morgan fingerprint density at radius 2 is 2.10 bits per heavy atom. The Kier molecular flexibility index (Phi) is 4.72. The summed E-state index contributed by atoms with van der Waals surface area (Å²) < 4.78 is 18.2. The normalized spacial score (nSPS) is 12.0. The van der Waals surface area contributed by atoms with E-state index in [0.29, 0.717) is 10.6 Å². The summed E-state index contributed by atoms with van der Waals surface area (Å²) in [4.78, 5) is 10.1. The average Bonchev–Trinajstić information content (AvgIpc) is 2.45. The van der Waals surface area contributed by atoms with Crippen molar-refractivity contribution in [1.29, 1.82) is 0 Å². The summed E-state index contributed by atoms with van der Waals surface area (Å²) in [5.41, 5.74) is 0.0283. The van der Waals surface area contributed by atoms with Crippen LogP contribution >= 0.6 is 11.6 Å². The number of benzene rings is 2. The van der Waals surface area contributed by atoms with Gasteiger partial charge in [-0.3, -0.25) is 10.1 Å². The Balaban J connectivity index is 2.11. The van der Waals surface area contributed by atoms with Crippen LogP contribution in [0.5, 0.6) is 5.75 Å². The van der Waals surface area contributed by atoms with Gasteiger partial charge in [0.2, 0.25) is 0 Å². The van der Waals surface area contributed by atoms with E-state index in [-0.39, 0.29) is 12.4 Å². The Morgan fingerprint density at radius 3 is 2.76 bits per heavy atom. The third-order valence-electron chi connectivity index (χ3n) is 2.75. The number of aliphatic hydroxyl groups excluding tert-OH is 1. The molecule has 1 atom stereocenters.